The normalized spacial score (nSPS) is 8.50. The van der Waals surface area contributed by atoms with E-state index in [0.29, 0.717) is 0 Å². The second-order valence-electron chi connectivity index (χ2n) is 1.62. The Labute approximate surface area is 71.7 Å². The summed E-state index contributed by atoms with van der Waals surface area (Å²) < 4.78 is 0. The average Bonchev–Trinajstić information content (AvgIpc) is 1.91. The lowest BCUT2D eigenvalue weighted by Gasteiger charge is -1.93. The lowest BCUT2D eigenvalue weighted by molar-refractivity contribution is 1.26. The van der Waals surface area contributed by atoms with Crippen molar-refractivity contribution in [3.05, 3.63) is 24.5 Å². The van der Waals surface area contributed by atoms with E-state index in [1.807, 2.05) is 36.3 Å². The first kappa shape index (κ1) is 9.79. The molecule has 0 radical (unpaired) electrons. The molecule has 0 fully saturated rings. The molecule has 10 heavy (non-hydrogen) atoms. The Kier molecular flexibility index (Phi) is 5.45. The molecule has 0 N–H and O–H groups in total. The van der Waals surface area contributed by atoms with Gasteiger partial charge in [0.25, 0.3) is 0 Å². The summed E-state index contributed by atoms with van der Waals surface area (Å²) in [6.45, 7) is 2.14. The van der Waals surface area contributed by atoms with E-state index in [2.05, 4.69) is 11.9 Å². The molecule has 0 aliphatic carbocycles. The predicted molar refractivity (Wildman–Crippen MR) is 47.9 cm³/mol. The second-order valence-corrected chi connectivity index (χ2v) is 2.95. The quantitative estimate of drug-likeness (QED) is 0.641. The number of pyridine rings is 1. The zero-order valence-electron chi connectivity index (χ0n) is 5.78. The molecule has 0 saturated carbocycles. The number of halogens is 1. The summed E-state index contributed by atoms with van der Waals surface area (Å²) in [5.74, 6) is 1.13. The number of hydrogen-bond acceptors (Lipinski definition) is 2. The first-order valence-corrected chi connectivity index (χ1v) is 3.95. The molecule has 1 heterocycles. The van der Waals surface area contributed by atoms with Gasteiger partial charge in [0.05, 0.1) is 0 Å². The SMILES string of the molecule is CCSc1ccncc1.Cl. The average molecular weight is 176 g/mol. The molecule has 0 unspecified atom stereocenters. The van der Waals surface area contributed by atoms with Crippen LogP contribution in [0.2, 0.25) is 0 Å². The third-order valence-electron chi connectivity index (χ3n) is 0.961. The van der Waals surface area contributed by atoms with E-state index in [4.69, 9.17) is 0 Å². The van der Waals surface area contributed by atoms with Crippen molar-refractivity contribution >= 4 is 24.2 Å². The van der Waals surface area contributed by atoms with Crippen molar-refractivity contribution in [2.24, 2.45) is 0 Å². The summed E-state index contributed by atoms with van der Waals surface area (Å²) in [6.07, 6.45) is 3.63. The van der Waals surface area contributed by atoms with Crippen LogP contribution in [0.15, 0.2) is 29.4 Å². The summed E-state index contributed by atoms with van der Waals surface area (Å²) in [6, 6.07) is 4.04. The molecular weight excluding hydrogens is 166 g/mol. The van der Waals surface area contributed by atoms with Crippen molar-refractivity contribution in [3.63, 3.8) is 0 Å². The molecule has 0 atom stereocenters. The molecule has 1 nitrogen and oxygen atoms in total. The monoisotopic (exact) mass is 175 g/mol. The second kappa shape index (κ2) is 5.57. The highest BCUT2D eigenvalue weighted by atomic mass is 35.5. The van der Waals surface area contributed by atoms with Gasteiger partial charge < -0.3 is 0 Å². The van der Waals surface area contributed by atoms with E-state index in [-0.39, 0.29) is 12.4 Å². The van der Waals surface area contributed by atoms with Gasteiger partial charge in [-0.3, -0.25) is 4.98 Å². The molecular formula is C7H10ClNS. The van der Waals surface area contributed by atoms with E-state index < -0.39 is 0 Å². The van der Waals surface area contributed by atoms with Crippen molar-refractivity contribution in [3.8, 4) is 0 Å². The van der Waals surface area contributed by atoms with Crippen molar-refractivity contribution in [1.29, 1.82) is 0 Å². The van der Waals surface area contributed by atoms with E-state index in [9.17, 15) is 0 Å². The maximum absolute atomic E-state index is 3.91. The fourth-order valence-electron chi connectivity index (χ4n) is 0.601. The third kappa shape index (κ3) is 3.08. The van der Waals surface area contributed by atoms with E-state index >= 15 is 0 Å². The molecule has 0 saturated heterocycles. The van der Waals surface area contributed by atoms with Crippen LogP contribution in [0, 0.1) is 0 Å². The van der Waals surface area contributed by atoms with Gasteiger partial charge in [0.2, 0.25) is 0 Å². The van der Waals surface area contributed by atoms with Crippen LogP contribution in [0.25, 0.3) is 0 Å². The molecule has 1 rings (SSSR count). The Balaban J connectivity index is 0.000000810. The van der Waals surface area contributed by atoms with E-state index in [1.54, 1.807) is 0 Å². The Hall–Kier alpha value is -0.210. The summed E-state index contributed by atoms with van der Waals surface area (Å²) in [5.41, 5.74) is 0. The van der Waals surface area contributed by atoms with Crippen LogP contribution >= 0.6 is 24.2 Å². The minimum Gasteiger partial charge on any atom is -0.265 e. The molecule has 1 aromatic rings. The molecule has 3 heteroatoms. The summed E-state index contributed by atoms with van der Waals surface area (Å²) in [4.78, 5) is 5.21. The topological polar surface area (TPSA) is 12.9 Å². The van der Waals surface area contributed by atoms with Crippen LogP contribution < -0.4 is 0 Å². The van der Waals surface area contributed by atoms with Gasteiger partial charge in [-0.15, -0.1) is 24.2 Å². The Morgan fingerprint density at radius 1 is 1.40 bits per heavy atom. The summed E-state index contributed by atoms with van der Waals surface area (Å²) in [5, 5.41) is 0. The third-order valence-corrected chi connectivity index (χ3v) is 1.85. The van der Waals surface area contributed by atoms with Gasteiger partial charge in [-0.2, -0.15) is 0 Å². The van der Waals surface area contributed by atoms with Crippen molar-refractivity contribution < 1.29 is 0 Å². The number of thioether (sulfide) groups is 1. The minimum absolute atomic E-state index is 0. The maximum Gasteiger partial charge on any atom is 0.0278 e. The van der Waals surface area contributed by atoms with Crippen LogP contribution in [0.4, 0.5) is 0 Å². The first-order chi connectivity index (χ1) is 4.43. The van der Waals surface area contributed by atoms with Gasteiger partial charge in [0, 0.05) is 17.3 Å². The van der Waals surface area contributed by atoms with Crippen LogP contribution in [0.3, 0.4) is 0 Å². The summed E-state index contributed by atoms with van der Waals surface area (Å²) in [7, 11) is 0. The van der Waals surface area contributed by atoms with Crippen LogP contribution in [0.5, 0.6) is 0 Å². The fourth-order valence-corrected chi connectivity index (χ4v) is 1.25. The number of hydrogen-bond donors (Lipinski definition) is 0. The molecule has 0 aliphatic rings. The molecule has 0 aromatic carbocycles. The number of nitrogens with zero attached hydrogens (tertiary/aromatic N) is 1. The van der Waals surface area contributed by atoms with Crippen molar-refractivity contribution in [2.75, 3.05) is 5.75 Å². The van der Waals surface area contributed by atoms with Crippen molar-refractivity contribution in [1.82, 2.24) is 4.98 Å². The molecule has 1 aromatic heterocycles. The van der Waals surface area contributed by atoms with E-state index in [0.717, 1.165) is 5.75 Å². The van der Waals surface area contributed by atoms with Gasteiger partial charge in [-0.05, 0) is 17.9 Å². The van der Waals surface area contributed by atoms with Gasteiger partial charge >= 0.3 is 0 Å². The highest BCUT2D eigenvalue weighted by Crippen LogP contribution is 2.14. The highest BCUT2D eigenvalue weighted by molar-refractivity contribution is 7.99. The molecule has 0 spiro atoms. The maximum atomic E-state index is 3.91. The number of rotatable bonds is 2. The van der Waals surface area contributed by atoms with Gasteiger partial charge in [-0.1, -0.05) is 6.92 Å². The van der Waals surface area contributed by atoms with Crippen LogP contribution in [-0.4, -0.2) is 10.7 Å². The zero-order chi connectivity index (χ0) is 6.53. The molecule has 56 valence electrons. The zero-order valence-corrected chi connectivity index (χ0v) is 7.41. The Morgan fingerprint density at radius 3 is 2.50 bits per heavy atom. The lowest BCUT2D eigenvalue weighted by atomic mass is 10.5. The molecule has 0 amide bonds. The first-order valence-electron chi connectivity index (χ1n) is 2.96. The number of aromatic nitrogens is 1. The largest absolute Gasteiger partial charge is 0.265 e. The van der Waals surface area contributed by atoms with Gasteiger partial charge in [0.15, 0.2) is 0 Å². The molecule has 0 bridgehead atoms. The predicted octanol–water partition coefficient (Wildman–Crippen LogP) is 2.62. The van der Waals surface area contributed by atoms with Gasteiger partial charge in [0.1, 0.15) is 0 Å². The lowest BCUT2D eigenvalue weighted by Crippen LogP contribution is -1.72. The smallest absolute Gasteiger partial charge is 0.0278 e. The van der Waals surface area contributed by atoms with Crippen LogP contribution in [0.1, 0.15) is 6.92 Å². The fraction of sp³-hybridized carbons (Fsp3) is 0.286. The highest BCUT2D eigenvalue weighted by Gasteiger charge is 1.85. The molecule has 0 aliphatic heterocycles. The van der Waals surface area contributed by atoms with Crippen molar-refractivity contribution in [2.45, 2.75) is 11.8 Å². The summed E-state index contributed by atoms with van der Waals surface area (Å²) >= 11 is 1.84. The Bertz CT molecular complexity index is 167. The van der Waals surface area contributed by atoms with Gasteiger partial charge in [-0.25, -0.2) is 0 Å². The van der Waals surface area contributed by atoms with Crippen LogP contribution in [-0.2, 0) is 0 Å². The Morgan fingerprint density at radius 2 is 2.00 bits per heavy atom. The van der Waals surface area contributed by atoms with E-state index in [1.165, 1.54) is 4.90 Å². The minimum atomic E-state index is 0. The standard InChI is InChI=1S/C7H9NS.ClH/c1-2-9-7-3-5-8-6-4-7;/h3-6H,2H2,1H3;1H.